The van der Waals surface area contributed by atoms with Gasteiger partial charge in [0.1, 0.15) is 0 Å². The lowest BCUT2D eigenvalue weighted by Gasteiger charge is -2.14. The van der Waals surface area contributed by atoms with Crippen LogP contribution in [-0.4, -0.2) is 44.1 Å². The van der Waals surface area contributed by atoms with Crippen molar-refractivity contribution in [2.24, 2.45) is 0 Å². The molecule has 1 aliphatic rings. The van der Waals surface area contributed by atoms with Crippen LogP contribution in [0, 0.1) is 11.8 Å². The molecule has 0 unspecified atom stereocenters. The lowest BCUT2D eigenvalue weighted by molar-refractivity contribution is 0.168. The Labute approximate surface area is 169 Å². The lowest BCUT2D eigenvalue weighted by Crippen LogP contribution is -2.34. The number of H-pyrrole nitrogens is 2. The number of aromatic amines is 2. The van der Waals surface area contributed by atoms with Gasteiger partial charge in [-0.2, -0.15) is 0 Å². The number of nitrogens with one attached hydrogen (secondary N) is 2. The van der Waals surface area contributed by atoms with Gasteiger partial charge in [-0.05, 0) is 30.9 Å². The molecule has 148 valence electrons. The van der Waals surface area contributed by atoms with Gasteiger partial charge in [0.2, 0.25) is 0 Å². The molecule has 2 N–H and O–H groups in total. The van der Waals surface area contributed by atoms with Crippen molar-refractivity contribution in [1.82, 2.24) is 24.4 Å². The molecular weight excluding hydrogens is 398 g/mol. The number of aromatic nitrogens is 4. The standard InChI is InChI=1S/C19H16ClN5O4/c1-24(19(28)29-13-6-3-2-5-12(13)20)10-4-7-14-21-15-16(22-14)23-18(27)25(17(15)26)11-8-9-11/h2-3,5-6,11H,8-10H2,1H3,(H,21,22)(H,23,27). The Morgan fingerprint density at radius 1 is 1.34 bits per heavy atom. The molecule has 1 fully saturated rings. The maximum absolute atomic E-state index is 12.5. The summed E-state index contributed by atoms with van der Waals surface area (Å²) in [6, 6.07) is 6.59. The summed E-state index contributed by atoms with van der Waals surface area (Å²) in [5, 5.41) is 0.327. The summed E-state index contributed by atoms with van der Waals surface area (Å²) in [5.41, 5.74) is -0.523. The second kappa shape index (κ2) is 7.48. The molecule has 1 aliphatic carbocycles. The van der Waals surface area contributed by atoms with Crippen LogP contribution in [0.5, 0.6) is 5.75 Å². The molecule has 29 heavy (non-hydrogen) atoms. The molecule has 10 heteroatoms. The Balaban J connectivity index is 1.47. The Hall–Kier alpha value is -3.51. The lowest BCUT2D eigenvalue weighted by atomic mass is 10.3. The van der Waals surface area contributed by atoms with E-state index in [9.17, 15) is 14.4 Å². The minimum Gasteiger partial charge on any atom is -0.409 e. The number of amides is 1. The Kier molecular flexibility index (Phi) is 4.86. The highest BCUT2D eigenvalue weighted by Crippen LogP contribution is 2.32. The topological polar surface area (TPSA) is 113 Å². The minimum absolute atomic E-state index is 0.0498. The summed E-state index contributed by atoms with van der Waals surface area (Å²) in [6.45, 7) is 0.0587. The first-order valence-corrected chi connectivity index (χ1v) is 9.22. The molecule has 0 bridgehead atoms. The van der Waals surface area contributed by atoms with Crippen LogP contribution in [0.15, 0.2) is 33.9 Å². The van der Waals surface area contributed by atoms with Crippen LogP contribution in [0.2, 0.25) is 5.02 Å². The van der Waals surface area contributed by atoms with E-state index in [0.29, 0.717) is 5.02 Å². The van der Waals surface area contributed by atoms with Gasteiger partial charge in [-0.15, -0.1) is 0 Å². The Bertz CT molecular complexity index is 1280. The van der Waals surface area contributed by atoms with E-state index in [0.717, 1.165) is 12.8 Å². The largest absolute Gasteiger partial charge is 0.415 e. The fourth-order valence-corrected chi connectivity index (χ4v) is 2.90. The van der Waals surface area contributed by atoms with Gasteiger partial charge in [0.05, 0.1) is 11.6 Å². The van der Waals surface area contributed by atoms with Crippen LogP contribution in [0.3, 0.4) is 0 Å². The summed E-state index contributed by atoms with van der Waals surface area (Å²) in [5.74, 6) is 5.99. The third-order valence-electron chi connectivity index (χ3n) is 4.36. The van der Waals surface area contributed by atoms with Crippen molar-refractivity contribution in [2.45, 2.75) is 18.9 Å². The highest BCUT2D eigenvalue weighted by molar-refractivity contribution is 6.32. The molecule has 0 spiro atoms. The third-order valence-corrected chi connectivity index (χ3v) is 4.67. The monoisotopic (exact) mass is 413 g/mol. The van der Waals surface area contributed by atoms with E-state index in [-0.39, 0.29) is 35.3 Å². The van der Waals surface area contributed by atoms with Gasteiger partial charge in [-0.3, -0.25) is 19.2 Å². The number of benzene rings is 1. The summed E-state index contributed by atoms with van der Waals surface area (Å²) >= 11 is 5.97. The van der Waals surface area contributed by atoms with Gasteiger partial charge in [-0.25, -0.2) is 14.6 Å². The molecule has 0 saturated heterocycles. The molecule has 2 aromatic heterocycles. The van der Waals surface area contributed by atoms with Gasteiger partial charge in [0.15, 0.2) is 22.7 Å². The number of ether oxygens (including phenoxy) is 1. The molecule has 0 radical (unpaired) electrons. The van der Waals surface area contributed by atoms with E-state index in [1.54, 1.807) is 24.3 Å². The highest BCUT2D eigenvalue weighted by Gasteiger charge is 2.28. The predicted octanol–water partition coefficient (Wildman–Crippen LogP) is 1.88. The maximum Gasteiger partial charge on any atom is 0.415 e. The summed E-state index contributed by atoms with van der Waals surface area (Å²) in [7, 11) is 1.53. The van der Waals surface area contributed by atoms with E-state index >= 15 is 0 Å². The Morgan fingerprint density at radius 3 is 2.83 bits per heavy atom. The fraction of sp³-hybridized carbons (Fsp3) is 0.263. The van der Waals surface area contributed by atoms with Crippen LogP contribution in [-0.2, 0) is 0 Å². The van der Waals surface area contributed by atoms with Crippen LogP contribution in [0.4, 0.5) is 4.79 Å². The molecule has 2 heterocycles. The van der Waals surface area contributed by atoms with Crippen LogP contribution < -0.4 is 16.0 Å². The molecule has 0 aliphatic heterocycles. The molecule has 0 atom stereocenters. The van der Waals surface area contributed by atoms with Crippen molar-refractivity contribution in [3.8, 4) is 17.6 Å². The number of carbonyl (C=O) groups is 1. The summed E-state index contributed by atoms with van der Waals surface area (Å²) in [4.78, 5) is 47.4. The zero-order valence-corrected chi connectivity index (χ0v) is 16.1. The molecule has 4 rings (SSSR count). The molecule has 3 aromatic rings. The molecule has 1 aromatic carbocycles. The van der Waals surface area contributed by atoms with Gasteiger partial charge >= 0.3 is 11.8 Å². The van der Waals surface area contributed by atoms with Crippen molar-refractivity contribution < 1.29 is 9.53 Å². The highest BCUT2D eigenvalue weighted by atomic mass is 35.5. The first kappa shape index (κ1) is 18.8. The number of rotatable bonds is 3. The average molecular weight is 414 g/mol. The Morgan fingerprint density at radius 2 is 2.10 bits per heavy atom. The number of nitrogens with zero attached hydrogens (tertiary/aromatic N) is 3. The SMILES string of the molecule is CN(CC#Cc1nc2[nH]c(=O)n(C3CC3)c(=O)c2[nH]1)C(=O)Oc1ccccc1Cl. The smallest absolute Gasteiger partial charge is 0.409 e. The van der Waals surface area contributed by atoms with Gasteiger partial charge in [-0.1, -0.05) is 29.7 Å². The number of carbonyl (C=O) groups excluding carboxylic acids is 1. The molecule has 9 nitrogen and oxygen atoms in total. The first-order chi connectivity index (χ1) is 13.9. The first-order valence-electron chi connectivity index (χ1n) is 8.85. The average Bonchev–Trinajstić information content (AvgIpc) is 3.43. The van der Waals surface area contributed by atoms with E-state index in [1.165, 1.54) is 16.5 Å². The second-order valence-corrected chi connectivity index (χ2v) is 7.01. The summed E-state index contributed by atoms with van der Waals surface area (Å²) in [6.07, 6.45) is 1.01. The van der Waals surface area contributed by atoms with Crippen molar-refractivity contribution in [3.05, 3.63) is 56.0 Å². The van der Waals surface area contributed by atoms with Crippen molar-refractivity contribution in [1.29, 1.82) is 0 Å². The van der Waals surface area contributed by atoms with E-state index in [1.807, 2.05) is 0 Å². The predicted molar refractivity (Wildman–Crippen MR) is 106 cm³/mol. The maximum atomic E-state index is 12.5. The molecule has 1 saturated carbocycles. The summed E-state index contributed by atoms with van der Waals surface area (Å²) < 4.78 is 6.41. The van der Waals surface area contributed by atoms with Gasteiger partial charge in [0, 0.05) is 13.1 Å². The van der Waals surface area contributed by atoms with E-state index in [2.05, 4.69) is 26.8 Å². The number of hydrogen-bond donors (Lipinski definition) is 2. The second-order valence-electron chi connectivity index (χ2n) is 6.60. The normalized spacial score (nSPS) is 13.0. The van der Waals surface area contributed by atoms with Crippen molar-refractivity contribution >= 4 is 28.9 Å². The van der Waals surface area contributed by atoms with E-state index < -0.39 is 17.3 Å². The number of para-hydroxylation sites is 1. The van der Waals surface area contributed by atoms with Gasteiger partial charge in [0.25, 0.3) is 5.56 Å². The third kappa shape index (κ3) is 3.88. The number of hydrogen-bond acceptors (Lipinski definition) is 5. The zero-order valence-electron chi connectivity index (χ0n) is 15.4. The molecule has 1 amide bonds. The van der Waals surface area contributed by atoms with Crippen LogP contribution >= 0.6 is 11.6 Å². The fourth-order valence-electron chi connectivity index (χ4n) is 2.72. The quantitative estimate of drug-likeness (QED) is 0.636. The molecular formula is C19H16ClN5O4. The van der Waals surface area contributed by atoms with Crippen molar-refractivity contribution in [3.63, 3.8) is 0 Å². The van der Waals surface area contributed by atoms with Crippen LogP contribution in [0.1, 0.15) is 24.7 Å². The number of fused-ring (bicyclic) bond motifs is 1. The van der Waals surface area contributed by atoms with Crippen LogP contribution in [0.25, 0.3) is 11.2 Å². The number of imidazole rings is 1. The number of halogens is 1. The zero-order chi connectivity index (χ0) is 20.5. The minimum atomic E-state index is -0.617. The van der Waals surface area contributed by atoms with Gasteiger partial charge < -0.3 is 9.72 Å². The van der Waals surface area contributed by atoms with Crippen molar-refractivity contribution in [2.75, 3.05) is 13.6 Å². The van der Waals surface area contributed by atoms with E-state index in [4.69, 9.17) is 16.3 Å².